The lowest BCUT2D eigenvalue weighted by molar-refractivity contribution is 0.0951. The number of benzene rings is 4. The molecule has 34 heavy (non-hydrogen) atoms. The maximum Gasteiger partial charge on any atom is 0.255 e. The van der Waals surface area contributed by atoms with Gasteiger partial charge in [0.05, 0.1) is 17.6 Å². The molecule has 2 N–H and O–H groups in total. The van der Waals surface area contributed by atoms with Crippen molar-refractivity contribution in [1.82, 2.24) is 5.32 Å². The summed E-state index contributed by atoms with van der Waals surface area (Å²) in [5.74, 6) is 0.280. The molecule has 0 heterocycles. The van der Waals surface area contributed by atoms with E-state index in [0.29, 0.717) is 18.7 Å². The number of rotatable bonds is 7. The van der Waals surface area contributed by atoms with Crippen LogP contribution in [0.25, 0.3) is 21.9 Å². The van der Waals surface area contributed by atoms with Gasteiger partial charge >= 0.3 is 0 Å². The second kappa shape index (κ2) is 9.57. The van der Waals surface area contributed by atoms with Gasteiger partial charge in [0.2, 0.25) is 0 Å². The number of fused-ring (bicyclic) bond motifs is 1. The van der Waals surface area contributed by atoms with Gasteiger partial charge in [0.15, 0.2) is 9.84 Å². The number of ether oxygens (including phenoxy) is 1. The molecule has 1 amide bonds. The van der Waals surface area contributed by atoms with Crippen molar-refractivity contribution in [2.75, 3.05) is 19.9 Å². The molecule has 0 spiro atoms. The van der Waals surface area contributed by atoms with Crippen LogP contribution in [-0.4, -0.2) is 39.3 Å². The molecule has 0 radical (unpaired) electrons. The van der Waals surface area contributed by atoms with Gasteiger partial charge < -0.3 is 15.2 Å². The van der Waals surface area contributed by atoms with Gasteiger partial charge in [-0.3, -0.25) is 4.79 Å². The summed E-state index contributed by atoms with van der Waals surface area (Å²) in [6, 6.07) is 23.2. The Morgan fingerprint density at radius 3 is 2.21 bits per heavy atom. The lowest BCUT2D eigenvalue weighted by Crippen LogP contribution is -2.25. The third kappa shape index (κ3) is 5.05. The smallest absolute Gasteiger partial charge is 0.255 e. The summed E-state index contributed by atoms with van der Waals surface area (Å²) in [6.45, 7) is 0.345. The molecular weight excluding hydrogens is 450 g/mol. The minimum atomic E-state index is -3.26. The number of amides is 1. The van der Waals surface area contributed by atoms with E-state index in [-0.39, 0.29) is 22.1 Å². The molecule has 4 rings (SSSR count). The predicted octanol–water partition coefficient (Wildman–Crippen LogP) is 4.60. The van der Waals surface area contributed by atoms with Crippen molar-refractivity contribution >= 4 is 26.5 Å². The van der Waals surface area contributed by atoms with Crippen LogP contribution < -0.4 is 10.1 Å². The van der Waals surface area contributed by atoms with Crippen LogP contribution in [-0.2, 0) is 16.3 Å². The van der Waals surface area contributed by atoms with Gasteiger partial charge in [-0.25, -0.2) is 8.42 Å². The molecule has 4 aromatic rings. The van der Waals surface area contributed by atoms with Crippen LogP contribution in [0.2, 0.25) is 0 Å². The Kier molecular flexibility index (Phi) is 6.56. The fourth-order valence-electron chi connectivity index (χ4n) is 3.86. The lowest BCUT2D eigenvalue weighted by atomic mass is 10.0. The van der Waals surface area contributed by atoms with Crippen LogP contribution in [0.15, 0.2) is 83.8 Å². The molecule has 0 saturated carbocycles. The Morgan fingerprint density at radius 1 is 0.912 bits per heavy atom. The van der Waals surface area contributed by atoms with E-state index in [0.717, 1.165) is 27.5 Å². The van der Waals surface area contributed by atoms with Gasteiger partial charge in [0.1, 0.15) is 11.5 Å². The second-order valence-corrected chi connectivity index (χ2v) is 10.1. The summed E-state index contributed by atoms with van der Waals surface area (Å²) in [5.41, 5.74) is 2.91. The fourth-order valence-corrected chi connectivity index (χ4v) is 4.49. The zero-order valence-electron chi connectivity index (χ0n) is 18.9. The molecule has 0 aliphatic heterocycles. The third-order valence-electron chi connectivity index (χ3n) is 5.68. The van der Waals surface area contributed by atoms with E-state index < -0.39 is 9.84 Å². The molecule has 0 unspecified atom stereocenters. The van der Waals surface area contributed by atoms with E-state index in [1.165, 1.54) is 6.26 Å². The zero-order valence-corrected chi connectivity index (χ0v) is 19.7. The van der Waals surface area contributed by atoms with Gasteiger partial charge in [-0.05, 0) is 70.3 Å². The summed E-state index contributed by atoms with van der Waals surface area (Å²) < 4.78 is 28.9. The lowest BCUT2D eigenvalue weighted by Gasteiger charge is -2.13. The Labute approximate surface area is 198 Å². The summed E-state index contributed by atoms with van der Waals surface area (Å²) >= 11 is 0. The van der Waals surface area contributed by atoms with E-state index in [1.54, 1.807) is 43.5 Å². The molecule has 4 aromatic carbocycles. The first-order chi connectivity index (χ1) is 16.3. The molecule has 0 aromatic heterocycles. The predicted molar refractivity (Wildman–Crippen MR) is 133 cm³/mol. The van der Waals surface area contributed by atoms with E-state index in [1.807, 2.05) is 42.5 Å². The van der Waals surface area contributed by atoms with Crippen molar-refractivity contribution in [2.24, 2.45) is 0 Å². The van der Waals surface area contributed by atoms with Crippen molar-refractivity contribution in [3.63, 3.8) is 0 Å². The molecule has 0 atom stereocenters. The van der Waals surface area contributed by atoms with Gasteiger partial charge in [-0.15, -0.1) is 0 Å². The number of nitrogens with one attached hydrogen (secondary N) is 1. The topological polar surface area (TPSA) is 92.7 Å². The number of phenols is 1. The van der Waals surface area contributed by atoms with Crippen LogP contribution in [0.5, 0.6) is 11.5 Å². The quantitative estimate of drug-likeness (QED) is 0.408. The molecule has 0 fully saturated rings. The maximum absolute atomic E-state index is 12.7. The van der Waals surface area contributed by atoms with Gasteiger partial charge in [-0.1, -0.05) is 42.5 Å². The highest BCUT2D eigenvalue weighted by molar-refractivity contribution is 7.90. The first-order valence-electron chi connectivity index (χ1n) is 10.7. The van der Waals surface area contributed by atoms with E-state index >= 15 is 0 Å². The Morgan fingerprint density at radius 2 is 1.56 bits per heavy atom. The standard InChI is InChI=1S/C27H25NO5S/c1-33-26-12-9-21(18-7-10-23(11-8-18)34(2,31)32)15-22(26)13-14-28-27(30)24-16-19-5-3-4-6-20(19)17-25(24)29/h3-12,15-17,29H,13-14H2,1-2H3,(H,28,30). The van der Waals surface area contributed by atoms with E-state index in [4.69, 9.17) is 4.74 Å². The van der Waals surface area contributed by atoms with Crippen molar-refractivity contribution < 1.29 is 23.1 Å². The molecule has 0 aliphatic rings. The third-order valence-corrected chi connectivity index (χ3v) is 6.81. The number of sulfone groups is 1. The molecule has 0 saturated heterocycles. The van der Waals surface area contributed by atoms with Crippen LogP contribution in [0.3, 0.4) is 0 Å². The first kappa shape index (κ1) is 23.3. The number of methoxy groups -OCH3 is 1. The Hall–Kier alpha value is -3.84. The number of carbonyl (C=O) groups excluding carboxylic acids is 1. The van der Waals surface area contributed by atoms with Crippen LogP contribution in [0.4, 0.5) is 0 Å². The average Bonchev–Trinajstić information content (AvgIpc) is 2.83. The first-order valence-corrected chi connectivity index (χ1v) is 12.6. The normalized spacial score (nSPS) is 11.4. The minimum absolute atomic E-state index is 0.0617. The van der Waals surface area contributed by atoms with Crippen LogP contribution in [0, 0.1) is 0 Å². The monoisotopic (exact) mass is 475 g/mol. The summed E-state index contributed by atoms with van der Waals surface area (Å²) in [7, 11) is -1.67. The Balaban J connectivity index is 1.49. The largest absolute Gasteiger partial charge is 0.507 e. The van der Waals surface area contributed by atoms with Crippen LogP contribution >= 0.6 is 0 Å². The SMILES string of the molecule is COc1ccc(-c2ccc(S(C)(=O)=O)cc2)cc1CCNC(=O)c1cc2ccccc2cc1O. The highest BCUT2D eigenvalue weighted by Gasteiger charge is 2.13. The summed E-state index contributed by atoms with van der Waals surface area (Å²) in [4.78, 5) is 13.0. The summed E-state index contributed by atoms with van der Waals surface area (Å²) in [6.07, 6.45) is 1.69. The Bertz CT molecular complexity index is 1460. The average molecular weight is 476 g/mol. The van der Waals surface area contributed by atoms with Gasteiger partial charge in [-0.2, -0.15) is 0 Å². The second-order valence-electron chi connectivity index (χ2n) is 8.05. The number of aromatic hydroxyl groups is 1. The van der Waals surface area contributed by atoms with E-state index in [9.17, 15) is 18.3 Å². The van der Waals surface area contributed by atoms with Crippen LogP contribution in [0.1, 0.15) is 15.9 Å². The highest BCUT2D eigenvalue weighted by atomic mass is 32.2. The molecule has 6 nitrogen and oxygen atoms in total. The molecule has 0 bridgehead atoms. The molecule has 0 aliphatic carbocycles. The van der Waals surface area contributed by atoms with Crippen molar-refractivity contribution in [3.05, 3.63) is 90.0 Å². The van der Waals surface area contributed by atoms with Crippen molar-refractivity contribution in [3.8, 4) is 22.6 Å². The number of hydrogen-bond acceptors (Lipinski definition) is 5. The number of carbonyl (C=O) groups is 1. The summed E-state index contributed by atoms with van der Waals surface area (Å²) in [5, 5.41) is 14.9. The number of hydrogen-bond donors (Lipinski definition) is 2. The molecular formula is C27H25NO5S. The fraction of sp³-hybridized carbons (Fsp3) is 0.148. The molecule has 174 valence electrons. The zero-order chi connectivity index (χ0) is 24.3. The highest BCUT2D eigenvalue weighted by Crippen LogP contribution is 2.28. The minimum Gasteiger partial charge on any atom is -0.507 e. The number of phenolic OH excluding ortho intramolecular Hbond substituents is 1. The molecule has 7 heteroatoms. The van der Waals surface area contributed by atoms with Crippen molar-refractivity contribution in [2.45, 2.75) is 11.3 Å². The van der Waals surface area contributed by atoms with E-state index in [2.05, 4.69) is 5.32 Å². The van der Waals surface area contributed by atoms with Gasteiger partial charge in [0.25, 0.3) is 5.91 Å². The van der Waals surface area contributed by atoms with Gasteiger partial charge in [0, 0.05) is 12.8 Å². The van der Waals surface area contributed by atoms with Crippen molar-refractivity contribution in [1.29, 1.82) is 0 Å². The maximum atomic E-state index is 12.7.